The summed E-state index contributed by atoms with van der Waals surface area (Å²) in [7, 11) is 4.50. The predicted molar refractivity (Wildman–Crippen MR) is 126 cm³/mol. The Labute approximate surface area is 206 Å². The standard InChI is InChI=1S/2C11H17NO3.H2O4S/c2*1-13-9-6-8(4-5-12)7-10(14-2)11(9)15-3;1-5(2,3)4/h2*6-7H,4-5,12H2,1-3H3;(H2,1,2,3,4). The van der Waals surface area contributed by atoms with E-state index >= 15 is 0 Å². The van der Waals surface area contributed by atoms with Crippen LogP contribution < -0.4 is 39.9 Å². The normalized spacial score (nSPS) is 10.1. The van der Waals surface area contributed by atoms with Crippen LogP contribution in [0.3, 0.4) is 0 Å². The van der Waals surface area contributed by atoms with E-state index in [0.29, 0.717) is 34.5 Å². The van der Waals surface area contributed by atoms with Gasteiger partial charge in [-0.15, -0.1) is 0 Å². The van der Waals surface area contributed by atoms with Crippen molar-refractivity contribution in [2.24, 2.45) is 0 Å². The highest BCUT2D eigenvalue weighted by atomic mass is 32.3. The first-order valence-electron chi connectivity index (χ1n) is 10.4. The first-order chi connectivity index (χ1) is 16.5. The lowest BCUT2D eigenvalue weighted by molar-refractivity contribution is -0.367. The smallest absolute Gasteiger partial charge is 0.203 e. The average molecular weight is 521 g/mol. The molecule has 0 aliphatic rings. The van der Waals surface area contributed by atoms with E-state index in [-0.39, 0.29) is 0 Å². The van der Waals surface area contributed by atoms with Crippen molar-refractivity contribution in [3.05, 3.63) is 35.4 Å². The molecule has 0 saturated carbocycles. The molecule has 0 aromatic heterocycles. The summed E-state index contributed by atoms with van der Waals surface area (Å²) in [5.41, 5.74) is 9.92. The lowest BCUT2D eigenvalue weighted by Crippen LogP contribution is -2.51. The summed E-state index contributed by atoms with van der Waals surface area (Å²) in [6.45, 7) is 1.69. The van der Waals surface area contributed by atoms with Gasteiger partial charge in [0.25, 0.3) is 0 Å². The second-order valence-electron chi connectivity index (χ2n) is 6.68. The van der Waals surface area contributed by atoms with Gasteiger partial charge in [0.05, 0.1) is 55.7 Å². The van der Waals surface area contributed by atoms with Crippen LogP contribution in [-0.2, 0) is 23.2 Å². The molecule has 35 heavy (non-hydrogen) atoms. The van der Waals surface area contributed by atoms with E-state index in [1.54, 1.807) is 42.7 Å². The Hall–Kier alpha value is -2.97. The highest BCUT2D eigenvalue weighted by Gasteiger charge is 2.13. The van der Waals surface area contributed by atoms with Gasteiger partial charge in [0.1, 0.15) is 0 Å². The van der Waals surface area contributed by atoms with Crippen molar-refractivity contribution in [2.45, 2.75) is 12.8 Å². The minimum atomic E-state index is -5.17. The summed E-state index contributed by atoms with van der Waals surface area (Å²) in [4.78, 5) is 0. The summed E-state index contributed by atoms with van der Waals surface area (Å²) in [6, 6.07) is 7.80. The van der Waals surface area contributed by atoms with Crippen molar-refractivity contribution in [3.63, 3.8) is 0 Å². The molecule has 0 saturated heterocycles. The van der Waals surface area contributed by atoms with Gasteiger partial charge in [0, 0.05) is 23.2 Å². The average Bonchev–Trinajstić information content (AvgIpc) is 2.82. The summed E-state index contributed by atoms with van der Waals surface area (Å²) in [5.74, 6) is 4.04. The number of hydrogen-bond acceptors (Lipinski definition) is 10. The van der Waals surface area contributed by atoms with Crippen LogP contribution in [-0.4, -0.2) is 73.3 Å². The van der Waals surface area contributed by atoms with Crippen LogP contribution in [0.5, 0.6) is 34.5 Å². The molecule has 0 atom stereocenters. The van der Waals surface area contributed by atoms with Crippen molar-refractivity contribution in [1.29, 1.82) is 0 Å². The van der Waals surface area contributed by atoms with Crippen LogP contribution in [0.15, 0.2) is 24.3 Å². The molecule has 0 aliphatic carbocycles. The van der Waals surface area contributed by atoms with Crippen molar-refractivity contribution in [3.8, 4) is 34.5 Å². The van der Waals surface area contributed by atoms with Gasteiger partial charge in [-0.1, -0.05) is 0 Å². The maximum Gasteiger partial charge on any atom is 0.203 e. The Bertz CT molecular complexity index is 876. The largest absolute Gasteiger partial charge is 0.759 e. The van der Waals surface area contributed by atoms with Crippen LogP contribution in [0.2, 0.25) is 0 Å². The fourth-order valence-electron chi connectivity index (χ4n) is 2.97. The number of rotatable bonds is 10. The van der Waals surface area contributed by atoms with Crippen LogP contribution >= 0.6 is 0 Å². The van der Waals surface area contributed by atoms with Crippen molar-refractivity contribution < 1.29 is 57.4 Å². The Morgan fingerprint density at radius 2 is 0.829 bits per heavy atom. The molecule has 0 bridgehead atoms. The number of ether oxygens (including phenoxy) is 6. The summed E-state index contributed by atoms with van der Waals surface area (Å²) in [6.07, 6.45) is 1.80. The van der Waals surface area contributed by atoms with Gasteiger partial charge in [-0.3, -0.25) is 8.42 Å². The fraction of sp³-hybridized carbons (Fsp3) is 0.455. The van der Waals surface area contributed by atoms with Gasteiger partial charge in [0.2, 0.25) is 11.5 Å². The molecular weight excluding hydrogens is 484 g/mol. The van der Waals surface area contributed by atoms with Gasteiger partial charge in [-0.05, 0) is 35.4 Å². The molecule has 200 valence electrons. The zero-order chi connectivity index (χ0) is 27.0. The molecule has 0 heterocycles. The van der Waals surface area contributed by atoms with E-state index in [0.717, 1.165) is 37.1 Å². The quantitative estimate of drug-likeness (QED) is 0.309. The Kier molecular flexibility index (Phi) is 15.2. The number of hydrogen-bond donors (Lipinski definition) is 2. The number of quaternary nitrogens is 2. The molecule has 0 spiro atoms. The zero-order valence-corrected chi connectivity index (χ0v) is 21.9. The van der Waals surface area contributed by atoms with E-state index in [2.05, 4.69) is 11.5 Å². The van der Waals surface area contributed by atoms with Crippen LogP contribution in [0.4, 0.5) is 0 Å². The summed E-state index contributed by atoms with van der Waals surface area (Å²) in [5, 5.41) is 0. The minimum absolute atomic E-state index is 0.632. The molecule has 13 heteroatoms. The van der Waals surface area contributed by atoms with Crippen LogP contribution in [0.25, 0.3) is 0 Å². The first-order valence-corrected chi connectivity index (χ1v) is 11.7. The van der Waals surface area contributed by atoms with Gasteiger partial charge < -0.3 is 49.0 Å². The molecule has 6 N–H and O–H groups in total. The summed E-state index contributed by atoms with van der Waals surface area (Å²) >= 11 is 0. The highest BCUT2D eigenvalue weighted by Crippen LogP contribution is 2.39. The molecule has 0 unspecified atom stereocenters. The third-order valence-corrected chi connectivity index (χ3v) is 4.38. The third kappa shape index (κ3) is 11.8. The minimum Gasteiger partial charge on any atom is -0.759 e. The lowest BCUT2D eigenvalue weighted by Gasteiger charge is -2.13. The second-order valence-corrected chi connectivity index (χ2v) is 7.50. The van der Waals surface area contributed by atoms with Gasteiger partial charge >= 0.3 is 0 Å². The monoisotopic (exact) mass is 520 g/mol. The molecule has 2 rings (SSSR count). The molecular formula is C22H36N2O10S. The third-order valence-electron chi connectivity index (χ3n) is 4.38. The molecule has 12 nitrogen and oxygen atoms in total. The first kappa shape index (κ1) is 32.0. The van der Waals surface area contributed by atoms with Crippen LogP contribution in [0, 0.1) is 0 Å². The summed E-state index contributed by atoms with van der Waals surface area (Å²) < 4.78 is 65.5. The van der Waals surface area contributed by atoms with Gasteiger partial charge in [-0.2, -0.15) is 0 Å². The van der Waals surface area contributed by atoms with E-state index in [4.69, 9.17) is 45.9 Å². The molecule has 2 aromatic carbocycles. The van der Waals surface area contributed by atoms with E-state index in [9.17, 15) is 0 Å². The highest BCUT2D eigenvalue weighted by molar-refractivity contribution is 7.79. The molecule has 0 radical (unpaired) electrons. The number of methoxy groups -OCH3 is 6. The van der Waals surface area contributed by atoms with Gasteiger partial charge in [0.15, 0.2) is 23.0 Å². The molecule has 0 aliphatic heterocycles. The number of benzene rings is 2. The maximum atomic E-state index is 8.52. The molecule has 0 amide bonds. The predicted octanol–water partition coefficient (Wildman–Crippen LogP) is -0.344. The zero-order valence-electron chi connectivity index (χ0n) is 21.0. The second kappa shape index (κ2) is 16.6. The Balaban J connectivity index is 0.000000555. The van der Waals surface area contributed by atoms with E-state index in [1.807, 2.05) is 24.3 Å². The van der Waals surface area contributed by atoms with E-state index in [1.165, 1.54) is 0 Å². The maximum absolute atomic E-state index is 8.52. The topological polar surface area (TPSA) is 191 Å². The lowest BCUT2D eigenvalue weighted by atomic mass is 10.1. The fourth-order valence-corrected chi connectivity index (χ4v) is 2.97. The van der Waals surface area contributed by atoms with Crippen molar-refractivity contribution >= 4 is 10.4 Å². The Morgan fingerprint density at radius 3 is 0.971 bits per heavy atom. The van der Waals surface area contributed by atoms with Crippen molar-refractivity contribution in [1.82, 2.24) is 0 Å². The van der Waals surface area contributed by atoms with Gasteiger partial charge in [-0.25, -0.2) is 0 Å². The van der Waals surface area contributed by atoms with E-state index < -0.39 is 10.4 Å². The Morgan fingerprint density at radius 1 is 0.600 bits per heavy atom. The molecule has 2 aromatic rings. The van der Waals surface area contributed by atoms with Crippen molar-refractivity contribution in [2.75, 3.05) is 55.7 Å². The molecule has 0 fully saturated rings. The van der Waals surface area contributed by atoms with Crippen LogP contribution in [0.1, 0.15) is 11.1 Å². The SMILES string of the molecule is COc1cc(CC[NH3+])cc(OC)c1OC.COc1cc(CC[NH3+])cc(OC)c1OC.O=S(=O)([O-])[O-].